The molecule has 2 N–H and O–H groups in total. The molecule has 0 fully saturated rings. The van der Waals surface area contributed by atoms with Crippen molar-refractivity contribution in [2.75, 3.05) is 0 Å². The number of nitrogens with one attached hydrogen (secondary N) is 2. The number of pyridine rings is 1. The van der Waals surface area contributed by atoms with Gasteiger partial charge in [-0.1, -0.05) is 0 Å². The van der Waals surface area contributed by atoms with E-state index in [4.69, 9.17) is 0 Å². The van der Waals surface area contributed by atoms with Crippen molar-refractivity contribution in [3.05, 3.63) is 41.7 Å². The summed E-state index contributed by atoms with van der Waals surface area (Å²) in [4.78, 5) is 23.2. The van der Waals surface area contributed by atoms with Crippen LogP contribution in [0.3, 0.4) is 0 Å². The van der Waals surface area contributed by atoms with Gasteiger partial charge < -0.3 is 10.3 Å². The van der Waals surface area contributed by atoms with Gasteiger partial charge in [0.05, 0.1) is 29.8 Å². The van der Waals surface area contributed by atoms with Crippen LogP contribution in [-0.2, 0) is 13.6 Å². The summed E-state index contributed by atoms with van der Waals surface area (Å²) < 4.78 is 1.71. The van der Waals surface area contributed by atoms with Crippen molar-refractivity contribution in [2.45, 2.75) is 13.5 Å². The van der Waals surface area contributed by atoms with E-state index in [1.54, 1.807) is 23.4 Å². The van der Waals surface area contributed by atoms with Crippen molar-refractivity contribution in [3.8, 4) is 0 Å². The lowest BCUT2D eigenvalue weighted by Gasteiger charge is -2.03. The van der Waals surface area contributed by atoms with E-state index in [0.717, 1.165) is 22.4 Å². The fourth-order valence-corrected chi connectivity index (χ4v) is 2.09. The number of aromatic amines is 1. The van der Waals surface area contributed by atoms with Gasteiger partial charge in [0.25, 0.3) is 5.91 Å². The SMILES string of the molecule is Cc1nn(C)c2ncc(C(=O)NCc3cnc[nH]3)cc12. The Morgan fingerprint density at radius 1 is 1.45 bits per heavy atom. The molecule has 7 nitrogen and oxygen atoms in total. The van der Waals surface area contributed by atoms with Crippen LogP contribution in [0.25, 0.3) is 11.0 Å². The van der Waals surface area contributed by atoms with Gasteiger partial charge in [-0.2, -0.15) is 5.10 Å². The first-order chi connectivity index (χ1) is 9.65. The summed E-state index contributed by atoms with van der Waals surface area (Å²) in [6, 6.07) is 1.81. The highest BCUT2D eigenvalue weighted by atomic mass is 16.1. The van der Waals surface area contributed by atoms with E-state index in [1.165, 1.54) is 0 Å². The van der Waals surface area contributed by atoms with Gasteiger partial charge in [-0.15, -0.1) is 0 Å². The van der Waals surface area contributed by atoms with Crippen LogP contribution >= 0.6 is 0 Å². The first kappa shape index (κ1) is 12.3. The normalized spacial score (nSPS) is 10.9. The molecule has 0 aromatic carbocycles. The molecule has 0 saturated carbocycles. The molecule has 3 aromatic rings. The van der Waals surface area contributed by atoms with Gasteiger partial charge in [0.1, 0.15) is 0 Å². The zero-order chi connectivity index (χ0) is 14.1. The van der Waals surface area contributed by atoms with Crippen LogP contribution in [0, 0.1) is 6.92 Å². The molecule has 3 aromatic heterocycles. The van der Waals surface area contributed by atoms with E-state index in [9.17, 15) is 4.79 Å². The lowest BCUT2D eigenvalue weighted by Crippen LogP contribution is -2.23. The molecule has 0 spiro atoms. The number of imidazole rings is 1. The number of hydrogen-bond donors (Lipinski definition) is 2. The van der Waals surface area contributed by atoms with Gasteiger partial charge in [0, 0.05) is 24.8 Å². The molecular formula is C13H14N6O. The Bertz CT molecular complexity index is 759. The molecule has 0 aliphatic rings. The predicted molar refractivity (Wildman–Crippen MR) is 73.0 cm³/mol. The summed E-state index contributed by atoms with van der Waals surface area (Å²) in [5, 5.41) is 7.99. The number of hydrogen-bond acceptors (Lipinski definition) is 4. The smallest absolute Gasteiger partial charge is 0.253 e. The van der Waals surface area contributed by atoms with Gasteiger partial charge in [-0.25, -0.2) is 9.97 Å². The van der Waals surface area contributed by atoms with Gasteiger partial charge in [-0.3, -0.25) is 9.48 Å². The summed E-state index contributed by atoms with van der Waals surface area (Å²) in [5.74, 6) is -0.169. The van der Waals surface area contributed by atoms with E-state index >= 15 is 0 Å². The zero-order valence-corrected chi connectivity index (χ0v) is 11.2. The van der Waals surface area contributed by atoms with Crippen LogP contribution in [0.1, 0.15) is 21.7 Å². The minimum absolute atomic E-state index is 0.169. The van der Waals surface area contributed by atoms with Gasteiger partial charge >= 0.3 is 0 Å². The Labute approximate surface area is 115 Å². The Kier molecular flexibility index (Phi) is 2.94. The number of aryl methyl sites for hydroxylation is 2. The van der Waals surface area contributed by atoms with Crippen molar-refractivity contribution in [3.63, 3.8) is 0 Å². The predicted octanol–water partition coefficient (Wildman–Crippen LogP) is 0.930. The molecule has 0 atom stereocenters. The molecule has 3 rings (SSSR count). The van der Waals surface area contributed by atoms with Crippen LogP contribution in [0.4, 0.5) is 0 Å². The van der Waals surface area contributed by atoms with Gasteiger partial charge in [0.15, 0.2) is 5.65 Å². The third-order valence-electron chi connectivity index (χ3n) is 3.12. The fourth-order valence-electron chi connectivity index (χ4n) is 2.09. The first-order valence-electron chi connectivity index (χ1n) is 6.20. The van der Waals surface area contributed by atoms with Gasteiger partial charge in [0.2, 0.25) is 0 Å². The summed E-state index contributed by atoms with van der Waals surface area (Å²) in [6.07, 6.45) is 4.81. The highest BCUT2D eigenvalue weighted by Gasteiger charge is 2.11. The number of carbonyl (C=O) groups is 1. The van der Waals surface area contributed by atoms with E-state index in [-0.39, 0.29) is 5.91 Å². The highest BCUT2D eigenvalue weighted by molar-refractivity contribution is 5.97. The molecule has 0 aliphatic carbocycles. The van der Waals surface area contributed by atoms with E-state index in [1.807, 2.05) is 20.0 Å². The summed E-state index contributed by atoms with van der Waals surface area (Å²) in [5.41, 5.74) is 3.00. The van der Waals surface area contributed by atoms with Crippen molar-refractivity contribution in [1.29, 1.82) is 0 Å². The van der Waals surface area contributed by atoms with Crippen molar-refractivity contribution < 1.29 is 4.79 Å². The fraction of sp³-hybridized carbons (Fsp3) is 0.231. The van der Waals surface area contributed by atoms with Crippen LogP contribution < -0.4 is 5.32 Å². The molecule has 7 heteroatoms. The lowest BCUT2D eigenvalue weighted by atomic mass is 10.2. The maximum atomic E-state index is 12.1. The zero-order valence-electron chi connectivity index (χ0n) is 11.2. The molecule has 0 aliphatic heterocycles. The molecule has 102 valence electrons. The molecule has 20 heavy (non-hydrogen) atoms. The quantitative estimate of drug-likeness (QED) is 0.741. The van der Waals surface area contributed by atoms with Gasteiger partial charge in [-0.05, 0) is 13.0 Å². The molecule has 1 amide bonds. The number of carbonyl (C=O) groups excluding carboxylic acids is 1. The van der Waals surface area contributed by atoms with Crippen LogP contribution in [-0.4, -0.2) is 30.6 Å². The van der Waals surface area contributed by atoms with E-state index in [2.05, 4.69) is 25.4 Å². The third-order valence-corrected chi connectivity index (χ3v) is 3.12. The van der Waals surface area contributed by atoms with Crippen molar-refractivity contribution in [1.82, 2.24) is 30.0 Å². The molecule has 0 saturated heterocycles. The number of rotatable bonds is 3. The average molecular weight is 270 g/mol. The second-order valence-corrected chi connectivity index (χ2v) is 4.56. The number of amides is 1. The average Bonchev–Trinajstić information content (AvgIpc) is 3.05. The Morgan fingerprint density at radius 3 is 3.05 bits per heavy atom. The second-order valence-electron chi connectivity index (χ2n) is 4.56. The minimum Gasteiger partial charge on any atom is -0.347 e. The molecule has 0 unspecified atom stereocenters. The standard InChI is InChI=1S/C13H14N6O/c1-8-11-3-9(4-15-12(11)19(2)18-8)13(20)16-6-10-5-14-7-17-10/h3-5,7H,6H2,1-2H3,(H,14,17)(H,16,20). The Morgan fingerprint density at radius 2 is 2.30 bits per heavy atom. The van der Waals surface area contributed by atoms with Crippen LogP contribution in [0.2, 0.25) is 0 Å². The number of aromatic nitrogens is 5. The highest BCUT2D eigenvalue weighted by Crippen LogP contribution is 2.16. The maximum absolute atomic E-state index is 12.1. The summed E-state index contributed by atoms with van der Waals surface area (Å²) in [7, 11) is 1.83. The molecule has 0 radical (unpaired) electrons. The van der Waals surface area contributed by atoms with Crippen LogP contribution in [0.15, 0.2) is 24.8 Å². The summed E-state index contributed by atoms with van der Waals surface area (Å²) in [6.45, 7) is 2.30. The Hall–Kier alpha value is -2.70. The summed E-state index contributed by atoms with van der Waals surface area (Å²) >= 11 is 0. The first-order valence-corrected chi connectivity index (χ1v) is 6.20. The monoisotopic (exact) mass is 270 g/mol. The topological polar surface area (TPSA) is 88.5 Å². The largest absolute Gasteiger partial charge is 0.347 e. The second kappa shape index (κ2) is 4.76. The maximum Gasteiger partial charge on any atom is 0.253 e. The van der Waals surface area contributed by atoms with E-state index in [0.29, 0.717) is 12.1 Å². The van der Waals surface area contributed by atoms with Crippen LogP contribution in [0.5, 0.6) is 0 Å². The van der Waals surface area contributed by atoms with Crippen molar-refractivity contribution >= 4 is 16.9 Å². The Balaban J connectivity index is 1.82. The third kappa shape index (κ3) is 2.13. The van der Waals surface area contributed by atoms with E-state index < -0.39 is 0 Å². The lowest BCUT2D eigenvalue weighted by molar-refractivity contribution is 0.0950. The molecule has 3 heterocycles. The number of H-pyrrole nitrogens is 1. The number of fused-ring (bicyclic) bond motifs is 1. The number of nitrogens with zero attached hydrogens (tertiary/aromatic N) is 4. The molecule has 0 bridgehead atoms. The van der Waals surface area contributed by atoms with Crippen molar-refractivity contribution in [2.24, 2.45) is 7.05 Å². The molecular weight excluding hydrogens is 256 g/mol. The minimum atomic E-state index is -0.169.